The van der Waals surface area contributed by atoms with E-state index in [1.165, 1.54) is 42.4 Å². The van der Waals surface area contributed by atoms with Gasteiger partial charge >= 0.3 is 0 Å². The van der Waals surface area contributed by atoms with Crippen LogP contribution in [0, 0.1) is 13.8 Å². The summed E-state index contributed by atoms with van der Waals surface area (Å²) in [5, 5.41) is 14.0. The number of hydrogen-bond donors (Lipinski definition) is 2. The van der Waals surface area contributed by atoms with Gasteiger partial charge in [0.1, 0.15) is 0 Å². The normalized spacial score (nSPS) is 19.1. The molecule has 1 aromatic rings. The third-order valence-electron chi connectivity index (χ3n) is 4.30. The van der Waals surface area contributed by atoms with Gasteiger partial charge in [0.2, 0.25) is 0 Å². The molecule has 0 aliphatic heterocycles. The van der Waals surface area contributed by atoms with E-state index in [1.807, 2.05) is 0 Å². The Hall–Kier alpha value is -0.860. The monoisotopic (exact) mass is 261 g/mol. The Bertz CT molecular complexity index is 406. The molecule has 1 aromatic carbocycles. The fourth-order valence-corrected chi connectivity index (χ4v) is 3.04. The smallest absolute Gasteiger partial charge is 0.0771 e. The fourth-order valence-electron chi connectivity index (χ4n) is 3.04. The van der Waals surface area contributed by atoms with Crippen molar-refractivity contribution in [3.05, 3.63) is 34.9 Å². The maximum atomic E-state index is 10.6. The van der Waals surface area contributed by atoms with E-state index >= 15 is 0 Å². The molecule has 106 valence electrons. The molecule has 1 fully saturated rings. The van der Waals surface area contributed by atoms with Gasteiger partial charge in [-0.2, -0.15) is 0 Å². The summed E-state index contributed by atoms with van der Waals surface area (Å²) >= 11 is 0. The second kappa shape index (κ2) is 6.53. The first kappa shape index (κ1) is 14.5. The van der Waals surface area contributed by atoms with Crippen LogP contribution >= 0.6 is 0 Å². The lowest BCUT2D eigenvalue weighted by Crippen LogP contribution is -2.40. The summed E-state index contributed by atoms with van der Waals surface area (Å²) in [6.45, 7) is 5.86. The Morgan fingerprint density at radius 3 is 2.42 bits per heavy atom. The molecule has 19 heavy (non-hydrogen) atoms. The van der Waals surface area contributed by atoms with Crippen LogP contribution in [0.15, 0.2) is 18.2 Å². The molecule has 0 spiro atoms. The van der Waals surface area contributed by atoms with E-state index in [2.05, 4.69) is 37.4 Å². The molecular weight excluding hydrogens is 234 g/mol. The summed E-state index contributed by atoms with van der Waals surface area (Å²) < 4.78 is 0. The van der Waals surface area contributed by atoms with Gasteiger partial charge in [0.15, 0.2) is 0 Å². The number of aryl methyl sites for hydroxylation is 2. The molecular formula is C17H27NO. The molecule has 1 aliphatic carbocycles. The van der Waals surface area contributed by atoms with E-state index in [4.69, 9.17) is 0 Å². The Kier molecular flexibility index (Phi) is 5.00. The van der Waals surface area contributed by atoms with Crippen molar-refractivity contribution in [2.45, 2.75) is 64.5 Å². The van der Waals surface area contributed by atoms with Crippen molar-refractivity contribution in [2.24, 2.45) is 0 Å². The molecule has 2 nitrogen and oxygen atoms in total. The lowest BCUT2D eigenvalue weighted by molar-refractivity contribution is 0.0250. The van der Waals surface area contributed by atoms with E-state index in [-0.39, 0.29) is 0 Å². The fraction of sp³-hybridized carbons (Fsp3) is 0.647. The molecule has 0 radical (unpaired) electrons. The van der Waals surface area contributed by atoms with Gasteiger partial charge in [-0.1, -0.05) is 49.4 Å². The number of benzene rings is 1. The zero-order valence-corrected chi connectivity index (χ0v) is 12.3. The van der Waals surface area contributed by atoms with Gasteiger partial charge in [-0.25, -0.2) is 0 Å². The Morgan fingerprint density at radius 2 is 1.79 bits per heavy atom. The molecule has 0 saturated heterocycles. The zero-order valence-electron chi connectivity index (χ0n) is 12.3. The first-order chi connectivity index (χ1) is 9.09. The number of hydrogen-bond acceptors (Lipinski definition) is 2. The van der Waals surface area contributed by atoms with Gasteiger partial charge in [0.05, 0.1) is 5.60 Å². The average molecular weight is 261 g/mol. The highest BCUT2D eigenvalue weighted by molar-refractivity contribution is 5.30. The standard InChI is InChI=1S/C17H27NO/c1-14-7-8-16(15(2)11-14)12-18-13-17(19)9-5-3-4-6-10-17/h7-8,11,18-19H,3-6,9-10,12-13H2,1-2H3. The van der Waals surface area contributed by atoms with Crippen molar-refractivity contribution in [2.75, 3.05) is 6.54 Å². The molecule has 1 aliphatic rings. The van der Waals surface area contributed by atoms with E-state index in [0.29, 0.717) is 0 Å². The third kappa shape index (κ3) is 4.32. The zero-order chi connectivity index (χ0) is 13.7. The second-order valence-corrected chi connectivity index (χ2v) is 6.17. The highest BCUT2D eigenvalue weighted by atomic mass is 16.3. The summed E-state index contributed by atoms with van der Waals surface area (Å²) in [6.07, 6.45) is 6.79. The number of aliphatic hydroxyl groups is 1. The second-order valence-electron chi connectivity index (χ2n) is 6.17. The quantitative estimate of drug-likeness (QED) is 0.813. The van der Waals surface area contributed by atoms with Crippen molar-refractivity contribution in [1.82, 2.24) is 5.32 Å². The van der Waals surface area contributed by atoms with Crippen LogP contribution in [0.25, 0.3) is 0 Å². The predicted octanol–water partition coefficient (Wildman–Crippen LogP) is 3.48. The highest BCUT2D eigenvalue weighted by Crippen LogP contribution is 2.26. The van der Waals surface area contributed by atoms with E-state index in [9.17, 15) is 5.11 Å². The van der Waals surface area contributed by atoms with Gasteiger partial charge in [-0.05, 0) is 37.8 Å². The topological polar surface area (TPSA) is 32.3 Å². The Morgan fingerprint density at radius 1 is 1.11 bits per heavy atom. The minimum absolute atomic E-state index is 0.477. The number of rotatable bonds is 4. The van der Waals surface area contributed by atoms with Crippen molar-refractivity contribution in [1.29, 1.82) is 0 Å². The molecule has 0 bridgehead atoms. The first-order valence-corrected chi connectivity index (χ1v) is 7.58. The molecule has 2 heteroatoms. The van der Waals surface area contributed by atoms with Crippen LogP contribution in [0.2, 0.25) is 0 Å². The predicted molar refractivity (Wildman–Crippen MR) is 80.3 cm³/mol. The average Bonchev–Trinajstić information content (AvgIpc) is 2.57. The summed E-state index contributed by atoms with van der Waals surface area (Å²) in [7, 11) is 0. The summed E-state index contributed by atoms with van der Waals surface area (Å²) in [6, 6.07) is 6.57. The molecule has 2 N–H and O–H groups in total. The highest BCUT2D eigenvalue weighted by Gasteiger charge is 2.27. The van der Waals surface area contributed by atoms with Crippen LogP contribution in [0.1, 0.15) is 55.2 Å². The maximum absolute atomic E-state index is 10.6. The summed E-state index contributed by atoms with van der Waals surface area (Å²) in [5.74, 6) is 0. The van der Waals surface area contributed by atoms with Gasteiger partial charge in [-0.3, -0.25) is 0 Å². The van der Waals surface area contributed by atoms with Crippen LogP contribution < -0.4 is 5.32 Å². The van der Waals surface area contributed by atoms with E-state index in [0.717, 1.165) is 25.9 Å². The van der Waals surface area contributed by atoms with Crippen molar-refractivity contribution < 1.29 is 5.11 Å². The third-order valence-corrected chi connectivity index (χ3v) is 4.30. The number of nitrogens with one attached hydrogen (secondary N) is 1. The van der Waals surface area contributed by atoms with Crippen molar-refractivity contribution >= 4 is 0 Å². The lowest BCUT2D eigenvalue weighted by Gasteiger charge is -2.27. The molecule has 0 atom stereocenters. The van der Waals surface area contributed by atoms with Crippen LogP contribution in [0.5, 0.6) is 0 Å². The molecule has 0 unspecified atom stereocenters. The minimum Gasteiger partial charge on any atom is -0.389 e. The maximum Gasteiger partial charge on any atom is 0.0771 e. The van der Waals surface area contributed by atoms with Crippen LogP contribution in [0.4, 0.5) is 0 Å². The summed E-state index contributed by atoms with van der Waals surface area (Å²) in [5.41, 5.74) is 3.50. The van der Waals surface area contributed by atoms with Crippen molar-refractivity contribution in [3.8, 4) is 0 Å². The summed E-state index contributed by atoms with van der Waals surface area (Å²) in [4.78, 5) is 0. The van der Waals surface area contributed by atoms with Gasteiger partial charge < -0.3 is 10.4 Å². The SMILES string of the molecule is Cc1ccc(CNCC2(O)CCCCCC2)c(C)c1. The van der Waals surface area contributed by atoms with E-state index in [1.54, 1.807) is 0 Å². The largest absolute Gasteiger partial charge is 0.389 e. The van der Waals surface area contributed by atoms with Gasteiger partial charge in [0, 0.05) is 13.1 Å². The van der Waals surface area contributed by atoms with Gasteiger partial charge in [-0.15, -0.1) is 0 Å². The molecule has 0 heterocycles. The molecule has 1 saturated carbocycles. The Labute approximate surface area is 117 Å². The first-order valence-electron chi connectivity index (χ1n) is 7.58. The minimum atomic E-state index is -0.477. The van der Waals surface area contributed by atoms with Crippen LogP contribution in [-0.2, 0) is 6.54 Å². The lowest BCUT2D eigenvalue weighted by atomic mass is 9.94. The molecule has 2 rings (SSSR count). The Balaban J connectivity index is 1.85. The van der Waals surface area contributed by atoms with Crippen molar-refractivity contribution in [3.63, 3.8) is 0 Å². The molecule has 0 aromatic heterocycles. The van der Waals surface area contributed by atoms with Gasteiger partial charge in [0.25, 0.3) is 0 Å². The molecule has 0 amide bonds. The van der Waals surface area contributed by atoms with Crippen LogP contribution in [-0.4, -0.2) is 17.3 Å². The van der Waals surface area contributed by atoms with E-state index < -0.39 is 5.60 Å². The van der Waals surface area contributed by atoms with Crippen LogP contribution in [0.3, 0.4) is 0 Å².